The topological polar surface area (TPSA) is 37.8 Å². The third kappa shape index (κ3) is 4.05. The van der Waals surface area contributed by atoms with Crippen molar-refractivity contribution in [1.82, 2.24) is 9.97 Å². The number of benzene rings is 1. The van der Waals surface area contributed by atoms with Gasteiger partial charge in [-0.25, -0.2) is 4.98 Å². The van der Waals surface area contributed by atoms with E-state index in [0.717, 1.165) is 24.4 Å². The van der Waals surface area contributed by atoms with Crippen LogP contribution in [0.5, 0.6) is 0 Å². The Bertz CT molecular complexity index is 521. The average Bonchev–Trinajstić information content (AvgIpc) is 2.40. The molecule has 3 nitrogen and oxygen atoms in total. The number of anilines is 1. The van der Waals surface area contributed by atoms with Crippen molar-refractivity contribution in [2.75, 3.05) is 5.32 Å². The van der Waals surface area contributed by atoms with E-state index in [4.69, 9.17) is 0 Å². The molecule has 0 saturated carbocycles. The van der Waals surface area contributed by atoms with Gasteiger partial charge in [0.25, 0.3) is 0 Å². The van der Waals surface area contributed by atoms with Crippen LogP contribution < -0.4 is 5.32 Å². The van der Waals surface area contributed by atoms with E-state index in [2.05, 4.69) is 59.5 Å². The second-order valence-corrected chi connectivity index (χ2v) is 5.48. The Balaban J connectivity index is 1.97. The fourth-order valence-corrected chi connectivity index (χ4v) is 2.01. The van der Waals surface area contributed by atoms with Crippen molar-refractivity contribution >= 4 is 5.82 Å². The van der Waals surface area contributed by atoms with Gasteiger partial charge in [0.1, 0.15) is 5.82 Å². The van der Waals surface area contributed by atoms with Crippen molar-refractivity contribution in [3.63, 3.8) is 0 Å². The van der Waals surface area contributed by atoms with E-state index < -0.39 is 0 Å². The largest absolute Gasteiger partial charge is 0.364 e. The molecule has 1 aromatic heterocycles. The number of hydrogen-bond acceptors (Lipinski definition) is 3. The summed E-state index contributed by atoms with van der Waals surface area (Å²) in [6.07, 6.45) is 5.55. The Morgan fingerprint density at radius 2 is 1.74 bits per heavy atom. The summed E-state index contributed by atoms with van der Waals surface area (Å²) in [4.78, 5) is 8.60. The maximum Gasteiger partial charge on any atom is 0.147 e. The summed E-state index contributed by atoms with van der Waals surface area (Å²) in [6.45, 7) is 6.37. The molecule has 0 fully saturated rings. The third-order valence-electron chi connectivity index (χ3n) is 3.22. The lowest BCUT2D eigenvalue weighted by Crippen LogP contribution is -2.32. The zero-order chi connectivity index (χ0) is 13.7. The number of nitrogens with one attached hydrogen (secondary N) is 1. The Kier molecular flexibility index (Phi) is 4.15. The number of aromatic nitrogens is 2. The average molecular weight is 255 g/mol. The summed E-state index contributed by atoms with van der Waals surface area (Å²) in [5, 5.41) is 3.48. The van der Waals surface area contributed by atoms with Crippen molar-refractivity contribution < 1.29 is 0 Å². The minimum atomic E-state index is -0.00334. The van der Waals surface area contributed by atoms with Crippen molar-refractivity contribution in [3.05, 3.63) is 54.0 Å². The highest BCUT2D eigenvalue weighted by Crippen LogP contribution is 2.20. The molecule has 0 spiro atoms. The molecule has 3 heteroatoms. The van der Waals surface area contributed by atoms with Crippen LogP contribution in [-0.2, 0) is 6.42 Å². The molecule has 2 rings (SSSR count). The van der Waals surface area contributed by atoms with Crippen LogP contribution in [0.1, 0.15) is 31.5 Å². The molecule has 0 aliphatic rings. The van der Waals surface area contributed by atoms with Crippen molar-refractivity contribution in [2.24, 2.45) is 0 Å². The standard InChI is InChI=1S/C16H21N3/c1-13-15(18-12-11-17-13)19-16(2,3)10-9-14-7-5-4-6-8-14/h4-8,11-12H,9-10H2,1-3H3,(H,18,19). The van der Waals surface area contributed by atoms with E-state index in [1.165, 1.54) is 5.56 Å². The molecule has 0 radical (unpaired) electrons. The number of hydrogen-bond donors (Lipinski definition) is 1. The van der Waals surface area contributed by atoms with Gasteiger partial charge in [0.2, 0.25) is 0 Å². The van der Waals surface area contributed by atoms with E-state index in [1.54, 1.807) is 12.4 Å². The van der Waals surface area contributed by atoms with Crippen LogP contribution in [0, 0.1) is 6.92 Å². The van der Waals surface area contributed by atoms with Crippen LogP contribution in [-0.4, -0.2) is 15.5 Å². The Morgan fingerprint density at radius 3 is 2.42 bits per heavy atom. The molecule has 1 aromatic carbocycles. The molecular formula is C16H21N3. The fraction of sp³-hybridized carbons (Fsp3) is 0.375. The van der Waals surface area contributed by atoms with Crippen LogP contribution in [0.3, 0.4) is 0 Å². The lowest BCUT2D eigenvalue weighted by Gasteiger charge is -2.27. The predicted molar refractivity (Wildman–Crippen MR) is 79.2 cm³/mol. The molecule has 0 aliphatic heterocycles. The van der Waals surface area contributed by atoms with Crippen molar-refractivity contribution in [1.29, 1.82) is 0 Å². The molecule has 0 aliphatic carbocycles. The quantitative estimate of drug-likeness (QED) is 0.887. The second kappa shape index (κ2) is 5.83. The highest BCUT2D eigenvalue weighted by Gasteiger charge is 2.18. The van der Waals surface area contributed by atoms with Crippen molar-refractivity contribution in [3.8, 4) is 0 Å². The summed E-state index contributed by atoms with van der Waals surface area (Å²) in [5.74, 6) is 0.876. The van der Waals surface area contributed by atoms with Crippen LogP contribution in [0.2, 0.25) is 0 Å². The monoisotopic (exact) mass is 255 g/mol. The molecule has 0 atom stereocenters. The van der Waals surface area contributed by atoms with E-state index >= 15 is 0 Å². The Labute approximate surface area is 115 Å². The molecule has 0 amide bonds. The number of nitrogens with zero attached hydrogens (tertiary/aromatic N) is 2. The van der Waals surface area contributed by atoms with Crippen LogP contribution in [0.15, 0.2) is 42.7 Å². The molecule has 2 aromatic rings. The van der Waals surface area contributed by atoms with Gasteiger partial charge in [0.15, 0.2) is 0 Å². The summed E-state index contributed by atoms with van der Waals surface area (Å²) < 4.78 is 0. The van der Waals surface area contributed by atoms with Gasteiger partial charge in [-0.15, -0.1) is 0 Å². The minimum absolute atomic E-state index is 0.00334. The first kappa shape index (κ1) is 13.5. The van der Waals surface area contributed by atoms with Gasteiger partial charge in [-0.05, 0) is 39.2 Å². The highest BCUT2D eigenvalue weighted by atomic mass is 15.1. The van der Waals surface area contributed by atoms with E-state index in [9.17, 15) is 0 Å². The third-order valence-corrected chi connectivity index (χ3v) is 3.22. The summed E-state index contributed by atoms with van der Waals surface area (Å²) >= 11 is 0. The molecule has 1 N–H and O–H groups in total. The van der Waals surface area contributed by atoms with E-state index in [0.29, 0.717) is 0 Å². The molecule has 0 bridgehead atoms. The zero-order valence-corrected chi connectivity index (χ0v) is 11.9. The van der Waals surface area contributed by atoms with Gasteiger partial charge >= 0.3 is 0 Å². The lowest BCUT2D eigenvalue weighted by molar-refractivity contribution is 0.515. The molecule has 100 valence electrons. The number of rotatable bonds is 5. The first-order valence-corrected chi connectivity index (χ1v) is 6.66. The van der Waals surface area contributed by atoms with E-state index in [1.807, 2.05) is 6.92 Å². The fourth-order valence-electron chi connectivity index (χ4n) is 2.01. The van der Waals surface area contributed by atoms with Gasteiger partial charge < -0.3 is 5.32 Å². The maximum atomic E-state index is 4.34. The molecule has 19 heavy (non-hydrogen) atoms. The zero-order valence-electron chi connectivity index (χ0n) is 11.9. The van der Waals surface area contributed by atoms with Crippen molar-refractivity contribution in [2.45, 2.75) is 39.2 Å². The smallest absolute Gasteiger partial charge is 0.147 e. The normalized spacial score (nSPS) is 11.3. The minimum Gasteiger partial charge on any atom is -0.364 e. The summed E-state index contributed by atoms with van der Waals surface area (Å²) in [5.41, 5.74) is 2.31. The van der Waals surface area contributed by atoms with Gasteiger partial charge in [-0.3, -0.25) is 4.98 Å². The van der Waals surface area contributed by atoms with Gasteiger partial charge in [-0.1, -0.05) is 30.3 Å². The first-order valence-electron chi connectivity index (χ1n) is 6.66. The highest BCUT2D eigenvalue weighted by molar-refractivity contribution is 5.40. The lowest BCUT2D eigenvalue weighted by atomic mass is 9.95. The summed E-state index contributed by atoms with van der Waals surface area (Å²) in [7, 11) is 0. The van der Waals surface area contributed by atoms with Crippen LogP contribution in [0.4, 0.5) is 5.82 Å². The summed E-state index contributed by atoms with van der Waals surface area (Å²) in [6, 6.07) is 10.6. The molecule has 1 heterocycles. The van der Waals surface area contributed by atoms with Gasteiger partial charge in [0, 0.05) is 17.9 Å². The van der Waals surface area contributed by atoms with E-state index in [-0.39, 0.29) is 5.54 Å². The molecule has 0 saturated heterocycles. The molecular weight excluding hydrogens is 234 g/mol. The Morgan fingerprint density at radius 1 is 1.05 bits per heavy atom. The van der Waals surface area contributed by atoms with Crippen LogP contribution >= 0.6 is 0 Å². The van der Waals surface area contributed by atoms with Crippen LogP contribution in [0.25, 0.3) is 0 Å². The first-order chi connectivity index (χ1) is 9.07. The molecule has 0 unspecified atom stereocenters. The Hall–Kier alpha value is -1.90. The predicted octanol–water partition coefficient (Wildman–Crippen LogP) is 3.61. The SMILES string of the molecule is Cc1nccnc1NC(C)(C)CCc1ccccc1. The van der Waals surface area contributed by atoms with Gasteiger partial charge in [-0.2, -0.15) is 0 Å². The van der Waals surface area contributed by atoms with Gasteiger partial charge in [0.05, 0.1) is 5.69 Å². The maximum absolute atomic E-state index is 4.34. The second-order valence-electron chi connectivity index (χ2n) is 5.48. The number of aryl methyl sites for hydroxylation is 2.